The van der Waals surface area contributed by atoms with E-state index in [-0.39, 0.29) is 0 Å². The van der Waals surface area contributed by atoms with Crippen molar-refractivity contribution >= 4 is 34.8 Å². The van der Waals surface area contributed by atoms with Crippen LogP contribution in [0.4, 0.5) is 0 Å². The monoisotopic (exact) mass is 217 g/mol. The number of alkyl halides is 3. The maximum absolute atomic E-state index is 5.74. The molecule has 0 amide bonds. The van der Waals surface area contributed by atoms with E-state index >= 15 is 0 Å². The highest BCUT2D eigenvalue weighted by Gasteiger charge is 2.40. The first-order valence-electron chi connectivity index (χ1n) is 3.51. The summed E-state index contributed by atoms with van der Waals surface area (Å²) in [6.07, 6.45) is 0. The van der Waals surface area contributed by atoms with E-state index in [2.05, 4.69) is 5.32 Å². The number of halogens is 3. The second-order valence-corrected chi connectivity index (χ2v) is 5.70. The second kappa shape index (κ2) is 3.69. The summed E-state index contributed by atoms with van der Waals surface area (Å²) in [5.74, 6) is 0. The third-order valence-electron chi connectivity index (χ3n) is 1.36. The average molecular weight is 219 g/mol. The van der Waals surface area contributed by atoms with Gasteiger partial charge in [0.05, 0.1) is 5.54 Å². The molecule has 0 saturated carbocycles. The molecule has 0 atom stereocenters. The highest BCUT2D eigenvalue weighted by atomic mass is 35.6. The van der Waals surface area contributed by atoms with Gasteiger partial charge in [-0.2, -0.15) is 0 Å². The highest BCUT2D eigenvalue weighted by Crippen LogP contribution is 2.37. The summed E-state index contributed by atoms with van der Waals surface area (Å²) in [7, 11) is 0. The molecule has 1 N–H and O–H groups in total. The fourth-order valence-corrected chi connectivity index (χ4v) is 0.967. The molecule has 68 valence electrons. The van der Waals surface area contributed by atoms with Crippen LogP contribution in [0.5, 0.6) is 0 Å². The van der Waals surface area contributed by atoms with Crippen molar-refractivity contribution in [3.05, 3.63) is 0 Å². The summed E-state index contributed by atoms with van der Waals surface area (Å²) in [6, 6.07) is 0.306. The van der Waals surface area contributed by atoms with Gasteiger partial charge < -0.3 is 5.32 Å². The Morgan fingerprint density at radius 2 is 1.45 bits per heavy atom. The maximum Gasteiger partial charge on any atom is 0.207 e. The Morgan fingerprint density at radius 3 is 1.55 bits per heavy atom. The first-order chi connectivity index (χ1) is 4.67. The Kier molecular flexibility index (Phi) is 3.97. The number of rotatable bonds is 2. The largest absolute Gasteiger partial charge is 0.306 e. The zero-order valence-electron chi connectivity index (χ0n) is 7.21. The summed E-state index contributed by atoms with van der Waals surface area (Å²) < 4.78 is -1.27. The third kappa shape index (κ3) is 3.84. The first-order valence-corrected chi connectivity index (χ1v) is 4.64. The fraction of sp³-hybridized carbons (Fsp3) is 1.00. The molecule has 0 spiro atoms. The summed E-state index contributed by atoms with van der Waals surface area (Å²) in [6.45, 7) is 7.75. The lowest BCUT2D eigenvalue weighted by atomic mass is 10.1. The number of nitrogens with one attached hydrogen (secondary N) is 1. The minimum atomic E-state index is -1.27. The predicted molar refractivity (Wildman–Crippen MR) is 52.6 cm³/mol. The van der Waals surface area contributed by atoms with Crippen LogP contribution in [0, 0.1) is 0 Å². The molecule has 0 aliphatic rings. The minimum absolute atomic E-state index is 0.306. The maximum atomic E-state index is 5.74. The Labute approximate surface area is 83.4 Å². The van der Waals surface area contributed by atoms with Crippen LogP contribution in [0.2, 0.25) is 0 Å². The zero-order valence-corrected chi connectivity index (χ0v) is 9.48. The minimum Gasteiger partial charge on any atom is -0.306 e. The summed E-state index contributed by atoms with van der Waals surface area (Å²) in [4.78, 5) is 0. The number of hydrogen-bond acceptors (Lipinski definition) is 1. The predicted octanol–water partition coefficient (Wildman–Crippen LogP) is 3.13. The third-order valence-corrected chi connectivity index (χ3v) is 2.78. The van der Waals surface area contributed by atoms with Crippen LogP contribution < -0.4 is 5.32 Å². The van der Waals surface area contributed by atoms with Gasteiger partial charge in [-0.25, -0.2) is 0 Å². The van der Waals surface area contributed by atoms with Gasteiger partial charge in [-0.15, -0.1) is 0 Å². The van der Waals surface area contributed by atoms with Crippen molar-refractivity contribution in [1.82, 2.24) is 5.32 Å². The molecule has 11 heavy (non-hydrogen) atoms. The van der Waals surface area contributed by atoms with Crippen molar-refractivity contribution in [2.45, 2.75) is 43.1 Å². The summed E-state index contributed by atoms with van der Waals surface area (Å²) >= 11 is 17.2. The van der Waals surface area contributed by atoms with Gasteiger partial charge in [-0.05, 0) is 13.8 Å². The van der Waals surface area contributed by atoms with Gasteiger partial charge in [-0.3, -0.25) is 0 Å². The molecule has 0 aliphatic carbocycles. The van der Waals surface area contributed by atoms with Crippen LogP contribution in [0.25, 0.3) is 0 Å². The van der Waals surface area contributed by atoms with E-state index < -0.39 is 9.33 Å². The van der Waals surface area contributed by atoms with Gasteiger partial charge in [0.1, 0.15) is 0 Å². The fourth-order valence-electron chi connectivity index (χ4n) is 0.804. The number of hydrogen-bond donors (Lipinski definition) is 1. The molecule has 0 aromatic heterocycles. The molecule has 0 aliphatic heterocycles. The van der Waals surface area contributed by atoms with E-state index in [9.17, 15) is 0 Å². The van der Waals surface area contributed by atoms with Crippen LogP contribution in [0.3, 0.4) is 0 Å². The molecule has 0 unspecified atom stereocenters. The van der Waals surface area contributed by atoms with Crippen molar-refractivity contribution in [3.63, 3.8) is 0 Å². The molecule has 0 fully saturated rings. The van der Waals surface area contributed by atoms with Crippen molar-refractivity contribution in [2.24, 2.45) is 0 Å². The van der Waals surface area contributed by atoms with Gasteiger partial charge in [0, 0.05) is 6.04 Å². The Morgan fingerprint density at radius 1 is 1.09 bits per heavy atom. The lowest BCUT2D eigenvalue weighted by molar-refractivity contribution is 0.360. The lowest BCUT2D eigenvalue weighted by Crippen LogP contribution is -2.52. The van der Waals surface area contributed by atoms with E-state index in [0.29, 0.717) is 6.04 Å². The van der Waals surface area contributed by atoms with Gasteiger partial charge >= 0.3 is 0 Å². The van der Waals surface area contributed by atoms with Crippen molar-refractivity contribution in [1.29, 1.82) is 0 Å². The Hall–Kier alpha value is 0.830. The van der Waals surface area contributed by atoms with Crippen LogP contribution in [0.15, 0.2) is 0 Å². The highest BCUT2D eigenvalue weighted by molar-refractivity contribution is 6.68. The van der Waals surface area contributed by atoms with E-state index in [4.69, 9.17) is 34.8 Å². The zero-order chi connectivity index (χ0) is 9.28. The Bertz CT molecular complexity index is 126. The molecule has 0 heterocycles. The molecular weight excluding hydrogens is 204 g/mol. The Balaban J connectivity index is 4.22. The van der Waals surface area contributed by atoms with Gasteiger partial charge in [0.2, 0.25) is 3.79 Å². The van der Waals surface area contributed by atoms with Gasteiger partial charge in [0.25, 0.3) is 0 Å². The van der Waals surface area contributed by atoms with Crippen molar-refractivity contribution in [2.75, 3.05) is 0 Å². The van der Waals surface area contributed by atoms with Crippen molar-refractivity contribution < 1.29 is 0 Å². The van der Waals surface area contributed by atoms with E-state index in [1.54, 1.807) is 0 Å². The second-order valence-electron chi connectivity index (χ2n) is 3.42. The lowest BCUT2D eigenvalue weighted by Gasteiger charge is -2.35. The smallest absolute Gasteiger partial charge is 0.207 e. The van der Waals surface area contributed by atoms with Gasteiger partial charge in [0.15, 0.2) is 0 Å². The summed E-state index contributed by atoms with van der Waals surface area (Å²) in [5, 5.41) is 3.16. The molecule has 0 rings (SSSR count). The van der Waals surface area contributed by atoms with Crippen LogP contribution >= 0.6 is 34.8 Å². The topological polar surface area (TPSA) is 12.0 Å². The normalized spacial score (nSPS) is 14.2. The SMILES string of the molecule is CC(C)NC(C)(C)C(Cl)(Cl)Cl. The van der Waals surface area contributed by atoms with E-state index in [1.165, 1.54) is 0 Å². The molecule has 0 aromatic carbocycles. The van der Waals surface area contributed by atoms with Crippen LogP contribution in [-0.2, 0) is 0 Å². The van der Waals surface area contributed by atoms with Crippen LogP contribution in [0.1, 0.15) is 27.7 Å². The standard InChI is InChI=1S/C7H14Cl3N/c1-5(2)11-6(3,4)7(8,9)10/h5,11H,1-4H3. The molecule has 4 heteroatoms. The van der Waals surface area contributed by atoms with Crippen molar-refractivity contribution in [3.8, 4) is 0 Å². The molecule has 0 saturated heterocycles. The quantitative estimate of drug-likeness (QED) is 0.702. The molecule has 0 bridgehead atoms. The van der Waals surface area contributed by atoms with E-state index in [0.717, 1.165) is 0 Å². The summed E-state index contributed by atoms with van der Waals surface area (Å²) in [5.41, 5.74) is -0.494. The van der Waals surface area contributed by atoms with Gasteiger partial charge in [-0.1, -0.05) is 48.7 Å². The molecule has 0 radical (unpaired) electrons. The average Bonchev–Trinajstić information content (AvgIpc) is 1.56. The molecule has 1 nitrogen and oxygen atoms in total. The molecule has 0 aromatic rings. The van der Waals surface area contributed by atoms with Crippen LogP contribution in [-0.4, -0.2) is 15.4 Å². The first kappa shape index (κ1) is 11.8. The molecular formula is C7H14Cl3N. The van der Waals surface area contributed by atoms with E-state index in [1.807, 2.05) is 27.7 Å².